The van der Waals surface area contributed by atoms with Crippen LogP contribution in [0.5, 0.6) is 5.75 Å². The molecule has 1 aliphatic rings. The maximum Gasteiger partial charge on any atom is 0.371 e. The number of H-pyrrole nitrogens is 1. The molecule has 0 unspecified atom stereocenters. The highest BCUT2D eigenvalue weighted by atomic mass is 16.5. The van der Waals surface area contributed by atoms with Crippen LogP contribution in [0, 0.1) is 11.3 Å². The molecule has 22 heavy (non-hydrogen) atoms. The van der Waals surface area contributed by atoms with Gasteiger partial charge >= 0.3 is 5.97 Å². The van der Waals surface area contributed by atoms with E-state index in [0.29, 0.717) is 22.6 Å². The SMILES string of the molecule is N#Cc1cc(-c2c[nH]c(C(=O)O)n2)ccc1OC1CCCC1. The minimum Gasteiger partial charge on any atom is -0.489 e. The van der Waals surface area contributed by atoms with E-state index in [9.17, 15) is 10.1 Å². The predicted molar refractivity (Wildman–Crippen MR) is 78.6 cm³/mol. The number of imidazole rings is 1. The van der Waals surface area contributed by atoms with Crippen LogP contribution in [0.2, 0.25) is 0 Å². The van der Waals surface area contributed by atoms with Gasteiger partial charge in [-0.25, -0.2) is 9.78 Å². The molecule has 0 radical (unpaired) electrons. The first-order valence-electron chi connectivity index (χ1n) is 7.17. The fourth-order valence-electron chi connectivity index (χ4n) is 2.64. The van der Waals surface area contributed by atoms with E-state index >= 15 is 0 Å². The van der Waals surface area contributed by atoms with Gasteiger partial charge in [0, 0.05) is 11.8 Å². The number of aromatic amines is 1. The maximum absolute atomic E-state index is 10.9. The Morgan fingerprint density at radius 3 is 2.82 bits per heavy atom. The van der Waals surface area contributed by atoms with Crippen molar-refractivity contribution in [2.75, 3.05) is 0 Å². The van der Waals surface area contributed by atoms with Gasteiger partial charge in [-0.1, -0.05) is 0 Å². The van der Waals surface area contributed by atoms with Crippen molar-refractivity contribution >= 4 is 5.97 Å². The number of benzene rings is 1. The summed E-state index contributed by atoms with van der Waals surface area (Å²) in [5.41, 5.74) is 1.60. The molecule has 0 aliphatic heterocycles. The third-order valence-corrected chi connectivity index (χ3v) is 3.77. The quantitative estimate of drug-likeness (QED) is 0.903. The third kappa shape index (κ3) is 2.79. The lowest BCUT2D eigenvalue weighted by Gasteiger charge is -2.14. The van der Waals surface area contributed by atoms with Gasteiger partial charge in [-0.3, -0.25) is 0 Å². The Morgan fingerprint density at radius 1 is 1.41 bits per heavy atom. The lowest BCUT2D eigenvalue weighted by atomic mass is 10.1. The highest BCUT2D eigenvalue weighted by Gasteiger charge is 2.18. The van der Waals surface area contributed by atoms with Crippen molar-refractivity contribution in [2.24, 2.45) is 0 Å². The van der Waals surface area contributed by atoms with Gasteiger partial charge in [0.05, 0.1) is 17.4 Å². The molecular weight excluding hydrogens is 282 g/mol. The number of aromatic carboxylic acids is 1. The lowest BCUT2D eigenvalue weighted by Crippen LogP contribution is -2.11. The molecule has 1 heterocycles. The smallest absolute Gasteiger partial charge is 0.371 e. The van der Waals surface area contributed by atoms with Crippen LogP contribution in [0.4, 0.5) is 0 Å². The summed E-state index contributed by atoms with van der Waals surface area (Å²) >= 11 is 0. The lowest BCUT2D eigenvalue weighted by molar-refractivity contribution is 0.0685. The van der Waals surface area contributed by atoms with Gasteiger partial charge in [-0.2, -0.15) is 5.26 Å². The summed E-state index contributed by atoms with van der Waals surface area (Å²) in [6.45, 7) is 0. The molecule has 1 aliphatic carbocycles. The summed E-state index contributed by atoms with van der Waals surface area (Å²) in [6, 6.07) is 7.34. The molecule has 0 atom stereocenters. The molecule has 0 amide bonds. The molecule has 0 spiro atoms. The van der Waals surface area contributed by atoms with Crippen molar-refractivity contribution < 1.29 is 14.6 Å². The normalized spacial score (nSPS) is 14.7. The van der Waals surface area contributed by atoms with Crippen molar-refractivity contribution in [3.63, 3.8) is 0 Å². The average molecular weight is 297 g/mol. The molecule has 0 bridgehead atoms. The third-order valence-electron chi connectivity index (χ3n) is 3.77. The zero-order valence-electron chi connectivity index (χ0n) is 11.9. The van der Waals surface area contributed by atoms with Gasteiger partial charge < -0.3 is 14.8 Å². The number of carboxylic acid groups (broad SMARTS) is 1. The van der Waals surface area contributed by atoms with E-state index in [4.69, 9.17) is 9.84 Å². The highest BCUT2D eigenvalue weighted by molar-refractivity contribution is 5.84. The predicted octanol–water partition coefficient (Wildman–Crippen LogP) is 2.97. The molecule has 6 nitrogen and oxygen atoms in total. The molecule has 0 saturated heterocycles. The minimum atomic E-state index is -1.12. The first-order chi connectivity index (χ1) is 10.7. The van der Waals surface area contributed by atoms with E-state index in [0.717, 1.165) is 25.7 Å². The Hall–Kier alpha value is -2.81. The number of nitrogens with one attached hydrogen (secondary N) is 1. The molecule has 1 aromatic heterocycles. The number of carboxylic acids is 1. The number of rotatable bonds is 4. The summed E-state index contributed by atoms with van der Waals surface area (Å²) in [6.07, 6.45) is 6.06. The summed E-state index contributed by atoms with van der Waals surface area (Å²) in [4.78, 5) is 17.4. The van der Waals surface area contributed by atoms with Crippen LogP contribution in [-0.4, -0.2) is 27.1 Å². The molecule has 6 heteroatoms. The fourth-order valence-corrected chi connectivity index (χ4v) is 2.64. The molecule has 1 fully saturated rings. The summed E-state index contributed by atoms with van der Waals surface area (Å²) in [7, 11) is 0. The number of ether oxygens (including phenoxy) is 1. The van der Waals surface area contributed by atoms with E-state index in [1.54, 1.807) is 18.2 Å². The zero-order chi connectivity index (χ0) is 15.5. The van der Waals surface area contributed by atoms with Crippen LogP contribution in [0.3, 0.4) is 0 Å². The second-order valence-corrected chi connectivity index (χ2v) is 5.29. The van der Waals surface area contributed by atoms with Crippen LogP contribution in [-0.2, 0) is 0 Å². The van der Waals surface area contributed by atoms with Crippen LogP contribution < -0.4 is 4.74 Å². The Kier molecular flexibility index (Phi) is 3.79. The Morgan fingerprint density at radius 2 is 2.18 bits per heavy atom. The Balaban J connectivity index is 1.87. The van der Waals surface area contributed by atoms with Crippen molar-refractivity contribution in [3.05, 3.63) is 35.8 Å². The largest absolute Gasteiger partial charge is 0.489 e. The first kappa shape index (κ1) is 14.1. The number of hydrogen-bond donors (Lipinski definition) is 2. The van der Waals surface area contributed by atoms with Crippen molar-refractivity contribution in [1.82, 2.24) is 9.97 Å². The van der Waals surface area contributed by atoms with Gasteiger partial charge in [0.1, 0.15) is 11.8 Å². The highest BCUT2D eigenvalue weighted by Crippen LogP contribution is 2.29. The Labute approximate surface area is 127 Å². The molecule has 3 rings (SSSR count). The van der Waals surface area contributed by atoms with Crippen LogP contribution in [0.1, 0.15) is 41.9 Å². The number of nitrogens with zero attached hydrogens (tertiary/aromatic N) is 2. The second-order valence-electron chi connectivity index (χ2n) is 5.29. The fraction of sp³-hybridized carbons (Fsp3) is 0.312. The van der Waals surface area contributed by atoms with Crippen molar-refractivity contribution in [2.45, 2.75) is 31.8 Å². The van der Waals surface area contributed by atoms with Gasteiger partial charge in [0.25, 0.3) is 0 Å². The second kappa shape index (κ2) is 5.90. The van der Waals surface area contributed by atoms with Gasteiger partial charge in [0.15, 0.2) is 0 Å². The summed E-state index contributed by atoms with van der Waals surface area (Å²) < 4.78 is 5.89. The van der Waals surface area contributed by atoms with Crippen LogP contribution in [0.15, 0.2) is 24.4 Å². The summed E-state index contributed by atoms with van der Waals surface area (Å²) in [5, 5.41) is 18.2. The molecule has 2 aromatic rings. The number of carbonyl (C=O) groups is 1. The van der Waals surface area contributed by atoms with E-state index in [2.05, 4.69) is 16.0 Å². The molecular formula is C16H15N3O3. The average Bonchev–Trinajstić information content (AvgIpc) is 3.18. The van der Waals surface area contributed by atoms with E-state index < -0.39 is 5.97 Å². The summed E-state index contributed by atoms with van der Waals surface area (Å²) in [5.74, 6) is -0.667. The first-order valence-corrected chi connectivity index (χ1v) is 7.17. The molecule has 2 N–H and O–H groups in total. The number of nitriles is 1. The molecule has 1 saturated carbocycles. The topological polar surface area (TPSA) is 99.0 Å². The number of aromatic nitrogens is 2. The van der Waals surface area contributed by atoms with E-state index in [-0.39, 0.29) is 11.9 Å². The molecule has 112 valence electrons. The van der Waals surface area contributed by atoms with E-state index in [1.807, 2.05) is 0 Å². The van der Waals surface area contributed by atoms with Gasteiger partial charge in [0.2, 0.25) is 5.82 Å². The maximum atomic E-state index is 10.9. The van der Waals surface area contributed by atoms with Gasteiger partial charge in [-0.15, -0.1) is 0 Å². The van der Waals surface area contributed by atoms with Gasteiger partial charge in [-0.05, 0) is 43.9 Å². The van der Waals surface area contributed by atoms with Crippen molar-refractivity contribution in [1.29, 1.82) is 5.26 Å². The Bertz CT molecular complexity index is 739. The van der Waals surface area contributed by atoms with Crippen molar-refractivity contribution in [3.8, 4) is 23.1 Å². The van der Waals surface area contributed by atoms with Crippen LogP contribution in [0.25, 0.3) is 11.3 Å². The monoisotopic (exact) mass is 297 g/mol. The standard InChI is InChI=1S/C16H15N3O3/c17-8-11-7-10(13-9-18-15(19-13)16(20)21)5-6-14(11)22-12-3-1-2-4-12/h5-7,9,12H,1-4H2,(H,18,19)(H,20,21). The minimum absolute atomic E-state index is 0.125. The number of hydrogen-bond acceptors (Lipinski definition) is 4. The molecule has 1 aromatic carbocycles. The van der Waals surface area contributed by atoms with E-state index in [1.165, 1.54) is 6.20 Å². The zero-order valence-corrected chi connectivity index (χ0v) is 11.9. The van der Waals surface area contributed by atoms with Crippen LogP contribution >= 0.6 is 0 Å².